The third-order valence-electron chi connectivity index (χ3n) is 3.72. The Kier molecular flexibility index (Phi) is 5.75. The standard InChI is InChI=1S/C18H21N3O3S/c1-3-7-15-20-18(24-21-15)12(2)23-17(22)11-6-10-16-19-13-8-4-5-9-14(13)25-16/h4-5,8-9,12H,3,6-7,10-11H2,1-2H3. The van der Waals surface area contributed by atoms with Crippen LogP contribution in [0.1, 0.15) is 55.9 Å². The molecular weight excluding hydrogens is 338 g/mol. The molecule has 132 valence electrons. The smallest absolute Gasteiger partial charge is 0.306 e. The van der Waals surface area contributed by atoms with E-state index in [0.29, 0.717) is 24.6 Å². The number of carbonyl (C=O) groups excluding carboxylic acids is 1. The highest BCUT2D eigenvalue weighted by Crippen LogP contribution is 2.23. The number of aromatic nitrogens is 3. The molecule has 0 aliphatic heterocycles. The number of aryl methyl sites for hydroxylation is 2. The lowest BCUT2D eigenvalue weighted by atomic mass is 10.2. The van der Waals surface area contributed by atoms with Gasteiger partial charge in [0.25, 0.3) is 5.89 Å². The summed E-state index contributed by atoms with van der Waals surface area (Å²) in [7, 11) is 0. The summed E-state index contributed by atoms with van der Waals surface area (Å²) in [5.41, 5.74) is 1.01. The molecule has 0 N–H and O–H groups in total. The van der Waals surface area contributed by atoms with Crippen LogP contribution in [-0.2, 0) is 22.4 Å². The molecule has 0 radical (unpaired) electrons. The second-order valence-electron chi connectivity index (χ2n) is 5.86. The summed E-state index contributed by atoms with van der Waals surface area (Å²) < 4.78 is 11.7. The summed E-state index contributed by atoms with van der Waals surface area (Å²) in [6, 6.07) is 8.05. The van der Waals surface area contributed by atoms with Gasteiger partial charge in [-0.3, -0.25) is 4.79 Å². The lowest BCUT2D eigenvalue weighted by molar-refractivity contribution is -0.149. The number of hydrogen-bond donors (Lipinski definition) is 0. The number of fused-ring (bicyclic) bond motifs is 1. The zero-order valence-corrected chi connectivity index (χ0v) is 15.2. The molecule has 0 spiro atoms. The highest BCUT2D eigenvalue weighted by atomic mass is 32.1. The monoisotopic (exact) mass is 359 g/mol. The van der Waals surface area contributed by atoms with Crippen molar-refractivity contribution in [2.45, 2.75) is 52.1 Å². The van der Waals surface area contributed by atoms with Gasteiger partial charge in [0.15, 0.2) is 11.9 Å². The molecule has 1 atom stereocenters. The van der Waals surface area contributed by atoms with E-state index in [2.05, 4.69) is 21.2 Å². The van der Waals surface area contributed by atoms with E-state index >= 15 is 0 Å². The molecule has 1 aromatic carbocycles. The van der Waals surface area contributed by atoms with Crippen LogP contribution in [-0.4, -0.2) is 21.1 Å². The molecule has 0 aliphatic rings. The van der Waals surface area contributed by atoms with Gasteiger partial charge in [-0.25, -0.2) is 4.98 Å². The van der Waals surface area contributed by atoms with E-state index in [1.165, 1.54) is 4.70 Å². The molecule has 0 bridgehead atoms. The Morgan fingerprint density at radius 1 is 1.28 bits per heavy atom. The number of benzene rings is 1. The van der Waals surface area contributed by atoms with E-state index in [4.69, 9.17) is 9.26 Å². The summed E-state index contributed by atoms with van der Waals surface area (Å²) in [6.07, 6.45) is 3.00. The maximum absolute atomic E-state index is 12.0. The van der Waals surface area contributed by atoms with Gasteiger partial charge in [0.1, 0.15) is 0 Å². The van der Waals surface area contributed by atoms with E-state index in [-0.39, 0.29) is 5.97 Å². The minimum atomic E-state index is -0.520. The number of carbonyl (C=O) groups is 1. The number of hydrogen-bond acceptors (Lipinski definition) is 7. The predicted octanol–water partition coefficient (Wildman–Crippen LogP) is 4.26. The molecular formula is C18H21N3O3S. The average Bonchev–Trinajstić information content (AvgIpc) is 3.21. The molecule has 3 aromatic rings. The Balaban J connectivity index is 1.45. The van der Waals surface area contributed by atoms with Gasteiger partial charge in [-0.05, 0) is 38.3 Å². The van der Waals surface area contributed by atoms with Crippen molar-refractivity contribution in [3.05, 3.63) is 41.0 Å². The van der Waals surface area contributed by atoms with E-state index < -0.39 is 6.10 Å². The Bertz CT molecular complexity index is 810. The highest BCUT2D eigenvalue weighted by molar-refractivity contribution is 7.18. The summed E-state index contributed by atoms with van der Waals surface area (Å²) in [6.45, 7) is 3.79. The first-order chi connectivity index (χ1) is 12.2. The SMILES string of the molecule is CCCc1noc(C(C)OC(=O)CCCc2nc3ccccc3s2)n1. The van der Waals surface area contributed by atoms with Gasteiger partial charge < -0.3 is 9.26 Å². The predicted molar refractivity (Wildman–Crippen MR) is 95.4 cm³/mol. The van der Waals surface area contributed by atoms with Gasteiger partial charge in [-0.2, -0.15) is 4.98 Å². The summed E-state index contributed by atoms with van der Waals surface area (Å²) in [5.74, 6) is 0.739. The summed E-state index contributed by atoms with van der Waals surface area (Å²) >= 11 is 1.67. The van der Waals surface area contributed by atoms with Crippen molar-refractivity contribution >= 4 is 27.5 Å². The zero-order chi connectivity index (χ0) is 17.6. The highest BCUT2D eigenvalue weighted by Gasteiger charge is 2.18. The molecule has 0 saturated carbocycles. The van der Waals surface area contributed by atoms with Crippen LogP contribution >= 0.6 is 11.3 Å². The number of rotatable bonds is 8. The maximum atomic E-state index is 12.0. The van der Waals surface area contributed by atoms with Crippen LogP contribution in [0.4, 0.5) is 0 Å². The molecule has 0 saturated heterocycles. The molecule has 0 aliphatic carbocycles. The maximum Gasteiger partial charge on any atom is 0.306 e. The van der Waals surface area contributed by atoms with Crippen LogP contribution in [0.5, 0.6) is 0 Å². The molecule has 1 unspecified atom stereocenters. The van der Waals surface area contributed by atoms with Crippen molar-refractivity contribution in [3.8, 4) is 0 Å². The third-order valence-corrected chi connectivity index (χ3v) is 4.82. The summed E-state index contributed by atoms with van der Waals surface area (Å²) in [4.78, 5) is 20.8. The van der Waals surface area contributed by atoms with Crippen LogP contribution < -0.4 is 0 Å². The van der Waals surface area contributed by atoms with E-state index in [0.717, 1.165) is 29.8 Å². The molecule has 2 aromatic heterocycles. The largest absolute Gasteiger partial charge is 0.453 e. The van der Waals surface area contributed by atoms with Gasteiger partial charge in [0.2, 0.25) is 0 Å². The molecule has 3 rings (SSSR count). The lowest BCUT2D eigenvalue weighted by Gasteiger charge is -2.08. The average molecular weight is 359 g/mol. The molecule has 25 heavy (non-hydrogen) atoms. The quantitative estimate of drug-likeness (QED) is 0.559. The van der Waals surface area contributed by atoms with Crippen LogP contribution in [0.25, 0.3) is 10.2 Å². The van der Waals surface area contributed by atoms with Crippen LogP contribution in [0.2, 0.25) is 0 Å². The fourth-order valence-electron chi connectivity index (χ4n) is 2.48. The second-order valence-corrected chi connectivity index (χ2v) is 6.98. The number of esters is 1. The zero-order valence-electron chi connectivity index (χ0n) is 14.4. The topological polar surface area (TPSA) is 78.1 Å². The van der Waals surface area contributed by atoms with E-state index in [1.807, 2.05) is 25.1 Å². The van der Waals surface area contributed by atoms with Crippen LogP contribution in [0, 0.1) is 0 Å². The van der Waals surface area contributed by atoms with Gasteiger partial charge in [0.05, 0.1) is 15.2 Å². The molecule has 7 heteroatoms. The van der Waals surface area contributed by atoms with Crippen LogP contribution in [0.15, 0.2) is 28.8 Å². The van der Waals surface area contributed by atoms with Crippen LogP contribution in [0.3, 0.4) is 0 Å². The third kappa shape index (κ3) is 4.63. The van der Waals surface area contributed by atoms with Crippen molar-refractivity contribution in [1.82, 2.24) is 15.1 Å². The van der Waals surface area contributed by atoms with Gasteiger partial charge >= 0.3 is 5.97 Å². The minimum absolute atomic E-state index is 0.260. The molecule has 6 nitrogen and oxygen atoms in total. The number of ether oxygens (including phenoxy) is 1. The van der Waals surface area contributed by atoms with E-state index in [1.54, 1.807) is 18.3 Å². The van der Waals surface area contributed by atoms with Gasteiger partial charge in [-0.15, -0.1) is 11.3 Å². The number of nitrogens with zero attached hydrogens (tertiary/aromatic N) is 3. The van der Waals surface area contributed by atoms with Crippen molar-refractivity contribution < 1.29 is 14.1 Å². The van der Waals surface area contributed by atoms with Gasteiger partial charge in [0, 0.05) is 12.8 Å². The second kappa shape index (κ2) is 8.20. The van der Waals surface area contributed by atoms with E-state index in [9.17, 15) is 4.79 Å². The number of thiazole rings is 1. The first-order valence-electron chi connectivity index (χ1n) is 8.52. The van der Waals surface area contributed by atoms with Crippen molar-refractivity contribution in [2.24, 2.45) is 0 Å². The Hall–Kier alpha value is -2.28. The normalized spacial score (nSPS) is 12.4. The molecule has 0 fully saturated rings. The first kappa shape index (κ1) is 17.5. The van der Waals surface area contributed by atoms with Gasteiger partial charge in [-0.1, -0.05) is 24.2 Å². The summed E-state index contributed by atoms with van der Waals surface area (Å²) in [5, 5.41) is 4.92. The Labute approximate surface area is 150 Å². The van der Waals surface area contributed by atoms with Crippen molar-refractivity contribution in [1.29, 1.82) is 0 Å². The Morgan fingerprint density at radius 3 is 2.92 bits per heavy atom. The van der Waals surface area contributed by atoms with Crippen molar-refractivity contribution in [3.63, 3.8) is 0 Å². The lowest BCUT2D eigenvalue weighted by Crippen LogP contribution is -2.09. The first-order valence-corrected chi connectivity index (χ1v) is 9.33. The fourth-order valence-corrected chi connectivity index (χ4v) is 3.48. The molecule has 0 amide bonds. The Morgan fingerprint density at radius 2 is 2.12 bits per heavy atom. The minimum Gasteiger partial charge on any atom is -0.453 e. The molecule has 2 heterocycles. The fraction of sp³-hybridized carbons (Fsp3) is 0.444. The number of para-hydroxylation sites is 1. The van der Waals surface area contributed by atoms with Crippen molar-refractivity contribution in [2.75, 3.05) is 0 Å².